The van der Waals surface area contributed by atoms with Crippen molar-refractivity contribution in [3.05, 3.63) is 35.9 Å². The van der Waals surface area contributed by atoms with Crippen molar-refractivity contribution in [2.75, 3.05) is 0 Å². The molecule has 0 unspecified atom stereocenters. The van der Waals surface area contributed by atoms with E-state index in [1.54, 1.807) is 0 Å². The van der Waals surface area contributed by atoms with Crippen LogP contribution in [0.3, 0.4) is 0 Å². The molecule has 74 valence electrons. The summed E-state index contributed by atoms with van der Waals surface area (Å²) in [5.74, 6) is 0.684. The van der Waals surface area contributed by atoms with Gasteiger partial charge in [0.1, 0.15) is 0 Å². The second kappa shape index (κ2) is 12.1. The fourth-order valence-electron chi connectivity index (χ4n) is 0.716. The maximum absolute atomic E-state index is 10.4. The molecule has 4 N–H and O–H groups in total. The summed E-state index contributed by atoms with van der Waals surface area (Å²) in [5, 5.41) is 0. The third-order valence-corrected chi connectivity index (χ3v) is 2.27. The van der Waals surface area contributed by atoms with Gasteiger partial charge in [-0.15, -0.1) is 11.8 Å². The van der Waals surface area contributed by atoms with Gasteiger partial charge in [0, 0.05) is 5.75 Å². The first kappa shape index (κ1) is 20.4. The third kappa shape index (κ3) is 9.57. The molecule has 0 amide bonds. The van der Waals surface area contributed by atoms with Gasteiger partial charge >= 0.3 is 51.4 Å². The molecule has 14 heavy (non-hydrogen) atoms. The van der Waals surface area contributed by atoms with E-state index in [0.717, 1.165) is 17.3 Å². The topological polar surface area (TPSA) is 80.1 Å². The van der Waals surface area contributed by atoms with Gasteiger partial charge < -0.3 is 28.4 Å². The van der Waals surface area contributed by atoms with E-state index in [1.165, 1.54) is 0 Å². The Morgan fingerprint density at radius 3 is 2.14 bits per heavy atom. The van der Waals surface area contributed by atoms with Gasteiger partial charge in [-0.3, -0.25) is 0 Å². The van der Waals surface area contributed by atoms with Crippen LogP contribution in [0.5, 0.6) is 0 Å². The number of rotatable bonds is 2. The Hall–Kier alpha value is 1.02. The maximum atomic E-state index is 10.4. The van der Waals surface area contributed by atoms with Gasteiger partial charge in [0.2, 0.25) is 0 Å². The predicted molar refractivity (Wildman–Crippen MR) is 57.7 cm³/mol. The van der Waals surface area contributed by atoms with Crippen LogP contribution in [0.1, 0.15) is 5.56 Å². The Kier molecular flexibility index (Phi) is 17.6. The van der Waals surface area contributed by atoms with Crippen LogP contribution in [0.15, 0.2) is 30.3 Å². The van der Waals surface area contributed by atoms with E-state index in [9.17, 15) is 4.79 Å². The summed E-state index contributed by atoms with van der Waals surface area (Å²) in [6, 6.07) is 9.80. The molecule has 0 spiro atoms. The number of thioether (sulfide) groups is 1. The van der Waals surface area contributed by atoms with Gasteiger partial charge in [-0.2, -0.15) is 0 Å². The summed E-state index contributed by atoms with van der Waals surface area (Å²) in [7, 11) is 0. The standard InChI is InChI=1S/C8H8OS2.K.2H2O/c9-8(10)11-6-7-4-2-1-3-5-7;;;/h1-5H,6H2,(H,9,10);;2*1H2/q;+1;;/p-1. The first-order valence-corrected chi connectivity index (χ1v) is 4.56. The van der Waals surface area contributed by atoms with Crippen LogP contribution >= 0.6 is 11.8 Å². The number of hydrogen-bond acceptors (Lipinski definition) is 3. The van der Waals surface area contributed by atoms with E-state index in [2.05, 4.69) is 12.6 Å². The molecular weight excluding hydrogens is 247 g/mol. The summed E-state index contributed by atoms with van der Waals surface area (Å²) >= 11 is 5.56. The van der Waals surface area contributed by atoms with Crippen LogP contribution in [0.2, 0.25) is 0 Å². The molecule has 1 rings (SSSR count). The second-order valence-corrected chi connectivity index (χ2v) is 3.60. The van der Waals surface area contributed by atoms with Gasteiger partial charge in [-0.1, -0.05) is 30.3 Å². The average molecular weight is 258 g/mol. The molecule has 0 atom stereocenters. The zero-order chi connectivity index (χ0) is 8.10. The SMILES string of the molecule is O.O.O=C([S-])SCc1ccccc1.[K+]. The van der Waals surface area contributed by atoms with E-state index < -0.39 is 0 Å². The van der Waals surface area contributed by atoms with Crippen LogP contribution in [-0.4, -0.2) is 15.4 Å². The first-order chi connectivity index (χ1) is 5.29. The Balaban J connectivity index is -0.000000403. The maximum Gasteiger partial charge on any atom is 1.00 e. The Labute approximate surface area is 135 Å². The molecule has 0 aliphatic heterocycles. The molecule has 0 heterocycles. The minimum atomic E-state index is -0.242. The number of carbonyl (C=O) groups is 1. The summed E-state index contributed by atoms with van der Waals surface area (Å²) in [6.45, 7) is 0. The Morgan fingerprint density at radius 2 is 1.71 bits per heavy atom. The van der Waals surface area contributed by atoms with Gasteiger partial charge in [0.15, 0.2) is 0 Å². The quantitative estimate of drug-likeness (QED) is 0.452. The van der Waals surface area contributed by atoms with E-state index in [1.807, 2.05) is 30.3 Å². The second-order valence-electron chi connectivity index (χ2n) is 2.02. The van der Waals surface area contributed by atoms with Crippen molar-refractivity contribution in [3.63, 3.8) is 0 Å². The van der Waals surface area contributed by atoms with Crippen LogP contribution in [0.25, 0.3) is 0 Å². The van der Waals surface area contributed by atoms with Gasteiger partial charge in [-0.05, 0) is 5.56 Å². The summed E-state index contributed by atoms with van der Waals surface area (Å²) in [6.07, 6.45) is 0. The van der Waals surface area contributed by atoms with Gasteiger partial charge in [-0.25, -0.2) is 0 Å². The monoisotopic (exact) mass is 258 g/mol. The number of carbonyl (C=O) groups excluding carboxylic acids is 1. The smallest absolute Gasteiger partial charge is 0.730 e. The largest absolute Gasteiger partial charge is 1.00 e. The Bertz CT molecular complexity index is 244. The molecule has 0 radical (unpaired) electrons. The summed E-state index contributed by atoms with van der Waals surface area (Å²) < 4.78 is -0.242. The molecule has 0 saturated heterocycles. The van der Waals surface area contributed by atoms with Crippen molar-refractivity contribution in [1.82, 2.24) is 0 Å². The fourth-order valence-corrected chi connectivity index (χ4v) is 1.37. The van der Waals surface area contributed by atoms with Crippen molar-refractivity contribution >= 4 is 28.8 Å². The van der Waals surface area contributed by atoms with Crippen LogP contribution in [0.4, 0.5) is 4.79 Å². The molecule has 0 saturated carbocycles. The normalized spacial score (nSPS) is 7.43. The third-order valence-electron chi connectivity index (χ3n) is 1.20. The molecule has 3 nitrogen and oxygen atoms in total. The molecule has 0 fully saturated rings. The molecule has 1 aromatic rings. The number of benzene rings is 1. The molecule has 0 aliphatic rings. The molecule has 0 aliphatic carbocycles. The molecule has 6 heteroatoms. The van der Waals surface area contributed by atoms with Crippen molar-refractivity contribution in [1.29, 1.82) is 0 Å². The molecule has 1 aromatic carbocycles. The predicted octanol–water partition coefficient (Wildman–Crippen LogP) is -2.06. The van der Waals surface area contributed by atoms with Gasteiger partial charge in [0.05, 0.1) is 4.45 Å². The molecule has 0 bridgehead atoms. The van der Waals surface area contributed by atoms with Crippen molar-refractivity contribution < 1.29 is 67.1 Å². The molecule has 0 aromatic heterocycles. The van der Waals surface area contributed by atoms with Crippen LogP contribution < -0.4 is 51.4 Å². The zero-order valence-electron chi connectivity index (χ0n) is 7.82. The minimum absolute atomic E-state index is 0. The average Bonchev–Trinajstić information content (AvgIpc) is 2.03. The summed E-state index contributed by atoms with van der Waals surface area (Å²) in [4.78, 5) is 10.4. The van der Waals surface area contributed by atoms with Crippen molar-refractivity contribution in [3.8, 4) is 0 Å². The molecular formula is C8H11KO3S2. The van der Waals surface area contributed by atoms with E-state index in [-0.39, 0.29) is 66.8 Å². The van der Waals surface area contributed by atoms with Crippen LogP contribution in [0, 0.1) is 0 Å². The van der Waals surface area contributed by atoms with E-state index in [4.69, 9.17) is 0 Å². The van der Waals surface area contributed by atoms with Gasteiger partial charge in [0.25, 0.3) is 0 Å². The fraction of sp³-hybridized carbons (Fsp3) is 0.125. The number of hydrogen-bond donors (Lipinski definition) is 0. The minimum Gasteiger partial charge on any atom is -0.730 e. The Morgan fingerprint density at radius 1 is 1.21 bits per heavy atom. The zero-order valence-corrected chi connectivity index (χ0v) is 12.6. The first-order valence-electron chi connectivity index (χ1n) is 3.17. The van der Waals surface area contributed by atoms with E-state index >= 15 is 0 Å². The summed E-state index contributed by atoms with van der Waals surface area (Å²) in [5.41, 5.74) is 1.13. The van der Waals surface area contributed by atoms with Crippen molar-refractivity contribution in [2.24, 2.45) is 0 Å². The van der Waals surface area contributed by atoms with Crippen LogP contribution in [-0.2, 0) is 18.4 Å². The van der Waals surface area contributed by atoms with E-state index in [0.29, 0.717) is 5.75 Å². The van der Waals surface area contributed by atoms with Crippen molar-refractivity contribution in [2.45, 2.75) is 5.75 Å².